The summed E-state index contributed by atoms with van der Waals surface area (Å²) in [6.45, 7) is 8.89. The van der Waals surface area contributed by atoms with E-state index in [9.17, 15) is 29.7 Å². The number of aliphatic hydroxyl groups is 3. The van der Waals surface area contributed by atoms with E-state index >= 15 is 4.79 Å². The second kappa shape index (κ2) is 18.2. The van der Waals surface area contributed by atoms with Crippen LogP contribution in [0.5, 0.6) is 0 Å². The largest absolute Gasteiger partial charge is 0.508 e. The van der Waals surface area contributed by atoms with Crippen LogP contribution in [0.2, 0.25) is 0 Å². The van der Waals surface area contributed by atoms with Crippen LogP contribution >= 0.6 is 11.8 Å². The van der Waals surface area contributed by atoms with E-state index in [4.69, 9.17) is 37.9 Å². The van der Waals surface area contributed by atoms with Gasteiger partial charge in [-0.05, 0) is 54.9 Å². The summed E-state index contributed by atoms with van der Waals surface area (Å²) in [6.07, 6.45) is -8.47. The SMILES string of the molecule is CSCOCOCOC(C(=O)OC1CC2(O)C(OC(=O)c3ccccc3)C3[C@]4(O)COC4CC(OC(=O)OCc4ccccc4)[C@@]3(C)C(=O)C(O)C(=C1C)C2(C)C)C(C)C. The third-order valence-corrected chi connectivity index (χ3v) is 13.2. The van der Waals surface area contributed by atoms with E-state index in [1.807, 2.05) is 12.3 Å². The smallest absolute Gasteiger partial charge is 0.456 e. The van der Waals surface area contributed by atoms with Crippen molar-refractivity contribution in [3.63, 3.8) is 0 Å². The predicted molar refractivity (Wildman–Crippen MR) is 215 cm³/mol. The van der Waals surface area contributed by atoms with Gasteiger partial charge in [-0.25, -0.2) is 14.4 Å². The van der Waals surface area contributed by atoms with Crippen LogP contribution in [-0.4, -0.2) is 119 Å². The Morgan fingerprint density at radius 1 is 0.933 bits per heavy atom. The van der Waals surface area contributed by atoms with E-state index < -0.39 is 101 Å². The van der Waals surface area contributed by atoms with Gasteiger partial charge in [-0.3, -0.25) is 4.79 Å². The number of hydrogen-bond donors (Lipinski definition) is 3. The quantitative estimate of drug-likeness (QED) is 0.0729. The van der Waals surface area contributed by atoms with Gasteiger partial charge in [0.2, 0.25) is 0 Å². The van der Waals surface area contributed by atoms with Gasteiger partial charge in [0.15, 0.2) is 25.5 Å². The molecule has 0 radical (unpaired) electrons. The normalized spacial score (nSPS) is 32.4. The first-order valence-electron chi connectivity index (χ1n) is 20.0. The molecule has 3 aliphatic carbocycles. The maximum atomic E-state index is 15.3. The summed E-state index contributed by atoms with van der Waals surface area (Å²) in [5, 5.41) is 38.5. The summed E-state index contributed by atoms with van der Waals surface area (Å²) in [6, 6.07) is 16.9. The summed E-state index contributed by atoms with van der Waals surface area (Å²) in [5.74, 6) is -4.13. The molecule has 2 bridgehead atoms. The monoisotopic (exact) mass is 856 g/mol. The molecule has 10 atom stereocenters. The van der Waals surface area contributed by atoms with E-state index in [0.717, 1.165) is 0 Å². The lowest BCUT2D eigenvalue weighted by atomic mass is 9.44. The predicted octanol–water partition coefficient (Wildman–Crippen LogP) is 4.73. The highest BCUT2D eigenvalue weighted by Crippen LogP contribution is 2.63. The first-order valence-corrected chi connectivity index (χ1v) is 21.4. The Hall–Kier alpha value is -3.87. The summed E-state index contributed by atoms with van der Waals surface area (Å²) < 4.78 is 46.1. The average molecular weight is 857 g/mol. The van der Waals surface area contributed by atoms with Crippen molar-refractivity contribution in [2.75, 3.05) is 32.4 Å². The van der Waals surface area contributed by atoms with Crippen molar-refractivity contribution < 1.29 is 72.4 Å². The zero-order valence-electron chi connectivity index (χ0n) is 35.0. The molecule has 0 spiro atoms. The van der Waals surface area contributed by atoms with Gasteiger partial charge in [-0.2, -0.15) is 0 Å². The number of aliphatic hydroxyl groups excluding tert-OH is 1. The lowest BCUT2D eigenvalue weighted by Gasteiger charge is -2.67. The number of ether oxygens (including phenoxy) is 8. The zero-order chi connectivity index (χ0) is 43.6. The Morgan fingerprint density at radius 2 is 1.60 bits per heavy atom. The minimum Gasteiger partial charge on any atom is -0.456 e. The number of fused-ring (bicyclic) bond motifs is 5. The molecule has 1 heterocycles. The molecule has 3 N–H and O–H groups in total. The molecule has 0 amide bonds. The Labute approximate surface area is 354 Å². The van der Waals surface area contributed by atoms with Gasteiger partial charge in [0, 0.05) is 24.2 Å². The van der Waals surface area contributed by atoms with Gasteiger partial charge in [0.25, 0.3) is 0 Å². The summed E-state index contributed by atoms with van der Waals surface area (Å²) in [4.78, 5) is 56.8. The summed E-state index contributed by atoms with van der Waals surface area (Å²) >= 11 is 1.47. The number of rotatable bonds is 15. The zero-order valence-corrected chi connectivity index (χ0v) is 35.8. The second-order valence-corrected chi connectivity index (χ2v) is 17.8. The van der Waals surface area contributed by atoms with Gasteiger partial charge in [-0.15, -0.1) is 11.8 Å². The van der Waals surface area contributed by atoms with Crippen LogP contribution in [0.4, 0.5) is 4.79 Å². The van der Waals surface area contributed by atoms with E-state index in [1.165, 1.54) is 30.8 Å². The van der Waals surface area contributed by atoms with E-state index in [0.29, 0.717) is 11.5 Å². The molecule has 1 aliphatic heterocycles. The van der Waals surface area contributed by atoms with E-state index in [2.05, 4.69) is 0 Å². The van der Waals surface area contributed by atoms with Gasteiger partial charge >= 0.3 is 18.1 Å². The van der Waals surface area contributed by atoms with Crippen molar-refractivity contribution in [3.8, 4) is 0 Å². The molecular formula is C44H56O15S. The number of ketones is 1. The molecule has 0 aromatic heterocycles. The van der Waals surface area contributed by atoms with Crippen LogP contribution < -0.4 is 0 Å². The molecule has 1 saturated heterocycles. The topological polar surface area (TPSA) is 203 Å². The number of Topliss-reactive ketones (excluding diaryl/α,β-unsaturated/α-hetero) is 1. The first-order chi connectivity index (χ1) is 28.4. The fourth-order valence-electron chi connectivity index (χ4n) is 9.46. The Bertz CT molecular complexity index is 1900. The minimum absolute atomic E-state index is 0.0140. The van der Waals surface area contributed by atoms with Crippen molar-refractivity contribution in [1.82, 2.24) is 0 Å². The van der Waals surface area contributed by atoms with E-state index in [1.54, 1.807) is 77.1 Å². The maximum absolute atomic E-state index is 15.3. The molecular weight excluding hydrogens is 801 g/mol. The van der Waals surface area contributed by atoms with Gasteiger partial charge < -0.3 is 53.2 Å². The van der Waals surface area contributed by atoms with E-state index in [-0.39, 0.29) is 49.9 Å². The molecule has 8 unspecified atom stereocenters. The van der Waals surface area contributed by atoms with Crippen molar-refractivity contribution in [1.29, 1.82) is 0 Å². The number of carbonyl (C=O) groups is 4. The Balaban J connectivity index is 1.43. The Kier molecular flexibility index (Phi) is 13.9. The van der Waals surface area contributed by atoms with Gasteiger partial charge in [0.1, 0.15) is 42.2 Å². The fraction of sp³-hybridized carbons (Fsp3) is 0.591. The van der Waals surface area contributed by atoms with Crippen LogP contribution in [0.25, 0.3) is 0 Å². The van der Waals surface area contributed by atoms with Crippen LogP contribution in [0.3, 0.4) is 0 Å². The lowest BCUT2D eigenvalue weighted by molar-refractivity contribution is -0.344. The third kappa shape index (κ3) is 8.37. The van der Waals surface area contributed by atoms with Crippen molar-refractivity contribution >= 4 is 35.6 Å². The molecule has 15 nitrogen and oxygen atoms in total. The number of benzene rings is 2. The molecule has 328 valence electrons. The standard InChI is InChI=1S/C44H56O15S/c1-25(2)34(56-23-52-22-53-24-60-7)39(48)57-29-19-44(51)37(59-38(47)28-16-12-9-13-17-28)35-42(6,36(46)33(45)32(26(29)3)41(44,4)5)30(18-31-43(35,50)21-55-31)58-40(49)54-20-27-14-10-8-11-15-27/h8-17,25,29-31,33-35,37,45,50-51H,18-24H2,1-7H3/t29?,30?,31?,33?,34?,35?,37?,42-,43+,44?/m1/s1. The van der Waals surface area contributed by atoms with Gasteiger partial charge in [-0.1, -0.05) is 76.2 Å². The summed E-state index contributed by atoms with van der Waals surface area (Å²) in [7, 11) is 0. The van der Waals surface area contributed by atoms with Crippen LogP contribution in [0.1, 0.15) is 70.3 Å². The van der Waals surface area contributed by atoms with Crippen molar-refractivity contribution in [3.05, 3.63) is 82.9 Å². The van der Waals surface area contributed by atoms with Crippen LogP contribution in [0, 0.1) is 22.7 Å². The lowest BCUT2D eigenvalue weighted by Crippen LogP contribution is -2.81. The number of hydrogen-bond acceptors (Lipinski definition) is 16. The highest BCUT2D eigenvalue weighted by molar-refractivity contribution is 7.98. The third-order valence-electron chi connectivity index (χ3n) is 12.8. The Morgan fingerprint density at radius 3 is 2.22 bits per heavy atom. The number of carbonyl (C=O) groups excluding carboxylic acids is 4. The average Bonchev–Trinajstić information content (AvgIpc) is 3.21. The number of thioether (sulfide) groups is 1. The second-order valence-electron chi connectivity index (χ2n) is 17.0. The molecule has 3 fully saturated rings. The van der Waals surface area contributed by atoms with Gasteiger partial charge in [0.05, 0.1) is 29.6 Å². The number of esters is 2. The highest BCUT2D eigenvalue weighted by atomic mass is 32.2. The fourth-order valence-corrected chi connectivity index (χ4v) is 9.70. The first kappa shape index (κ1) is 45.7. The molecule has 16 heteroatoms. The minimum atomic E-state index is -2.28. The molecule has 6 rings (SSSR count). The van der Waals surface area contributed by atoms with Crippen molar-refractivity contribution in [2.45, 2.75) is 109 Å². The van der Waals surface area contributed by atoms with Crippen LogP contribution in [-0.2, 0) is 54.1 Å². The molecule has 2 saturated carbocycles. The maximum Gasteiger partial charge on any atom is 0.508 e. The molecule has 4 aliphatic rings. The van der Waals surface area contributed by atoms with Crippen molar-refractivity contribution in [2.24, 2.45) is 22.7 Å². The summed E-state index contributed by atoms with van der Waals surface area (Å²) in [5.41, 5.74) is -6.75. The highest BCUT2D eigenvalue weighted by Gasteiger charge is 2.77. The van der Waals surface area contributed by atoms with Crippen LogP contribution in [0.15, 0.2) is 71.8 Å². The molecule has 2 aromatic carbocycles. The molecule has 2 aromatic rings. The molecule has 60 heavy (non-hydrogen) atoms.